The van der Waals surface area contributed by atoms with E-state index in [-0.39, 0.29) is 74.1 Å². The molecule has 4 heteroatoms. The monoisotopic (exact) mass is 141 g/mol. The van der Waals surface area contributed by atoms with Crippen LogP contribution in [0.3, 0.4) is 0 Å². The smallest absolute Gasteiger partial charge is 1.00 e. The first-order chi connectivity index (χ1) is 0. The van der Waals surface area contributed by atoms with Crippen LogP contribution in [0, 0.1) is 0 Å². The largest absolute Gasteiger partial charge is 1.00 e. The molecular formula is H3LiSTiV. The summed E-state index contributed by atoms with van der Waals surface area (Å²) in [5.41, 5.74) is 0. The summed E-state index contributed by atoms with van der Waals surface area (Å²) in [5.74, 6) is 0. The zero-order valence-electron chi connectivity index (χ0n) is 3.45. The Balaban J connectivity index is 0. The van der Waals surface area contributed by atoms with Crippen molar-refractivity contribution in [3.05, 3.63) is 0 Å². The van der Waals surface area contributed by atoms with Crippen molar-refractivity contribution in [2.75, 3.05) is 0 Å². The van der Waals surface area contributed by atoms with Crippen molar-refractivity contribution in [1.82, 2.24) is 0 Å². The normalized spacial score (nSPS) is 0. The van der Waals surface area contributed by atoms with Crippen molar-refractivity contribution >= 4 is 13.5 Å². The van der Waals surface area contributed by atoms with E-state index >= 15 is 0 Å². The fourth-order valence-corrected chi connectivity index (χ4v) is 0. The first-order valence-electron chi connectivity index (χ1n) is 0. The van der Waals surface area contributed by atoms with Crippen LogP contribution in [-0.2, 0) is 40.3 Å². The second-order valence-corrected chi connectivity index (χ2v) is 0. The molecule has 0 heterocycles. The van der Waals surface area contributed by atoms with Gasteiger partial charge in [-0.3, -0.25) is 0 Å². The SMILES string of the molecule is S.[H-].[Li+].[Ti].[V]. The fourth-order valence-electron chi connectivity index (χ4n) is 0. The maximum absolute atomic E-state index is 0. The summed E-state index contributed by atoms with van der Waals surface area (Å²) < 4.78 is 0. The molecule has 0 aliphatic rings. The van der Waals surface area contributed by atoms with E-state index in [0.717, 1.165) is 0 Å². The quantitative estimate of drug-likeness (QED) is 0.320. The maximum atomic E-state index is 0. The van der Waals surface area contributed by atoms with Gasteiger partial charge in [-0.2, -0.15) is 13.5 Å². The third-order valence-electron chi connectivity index (χ3n) is 0. The fraction of sp³-hybridized carbons (Fsp3) is 0. The molecule has 0 saturated heterocycles. The van der Waals surface area contributed by atoms with Crippen LogP contribution < -0.4 is 18.9 Å². The van der Waals surface area contributed by atoms with Gasteiger partial charge in [0.2, 0.25) is 0 Å². The molecule has 1 radical (unpaired) electrons. The summed E-state index contributed by atoms with van der Waals surface area (Å²) in [4.78, 5) is 0. The van der Waals surface area contributed by atoms with Gasteiger partial charge in [-0.05, 0) is 0 Å². The molecule has 0 fully saturated rings. The van der Waals surface area contributed by atoms with Crippen molar-refractivity contribution in [2.24, 2.45) is 0 Å². The average molecular weight is 141 g/mol. The third kappa shape index (κ3) is 8.87. The van der Waals surface area contributed by atoms with E-state index in [1.165, 1.54) is 0 Å². The van der Waals surface area contributed by atoms with E-state index in [9.17, 15) is 0 Å². The molecule has 0 spiro atoms. The van der Waals surface area contributed by atoms with E-state index in [2.05, 4.69) is 0 Å². The van der Waals surface area contributed by atoms with Gasteiger partial charge in [0, 0.05) is 40.3 Å². The van der Waals surface area contributed by atoms with Gasteiger partial charge in [-0.25, -0.2) is 0 Å². The molecule has 0 aliphatic heterocycles. The van der Waals surface area contributed by atoms with Crippen molar-refractivity contribution in [3.63, 3.8) is 0 Å². The van der Waals surface area contributed by atoms with Crippen molar-refractivity contribution < 1.29 is 60.6 Å². The molecule has 0 rings (SSSR count). The molecule has 0 unspecified atom stereocenters. The van der Waals surface area contributed by atoms with Gasteiger partial charge in [0.05, 0.1) is 0 Å². The van der Waals surface area contributed by atoms with E-state index in [0.29, 0.717) is 0 Å². The Morgan fingerprint density at radius 1 is 1.25 bits per heavy atom. The number of hydrogen-bond acceptors (Lipinski definition) is 0. The Labute approximate surface area is 73.4 Å². The Hall–Kier alpha value is 2.25. The number of rotatable bonds is 0. The topological polar surface area (TPSA) is 0 Å². The van der Waals surface area contributed by atoms with Gasteiger partial charge in [-0.1, -0.05) is 0 Å². The Bertz CT molecular complexity index is 11.6. The summed E-state index contributed by atoms with van der Waals surface area (Å²) in [7, 11) is 0. The Morgan fingerprint density at radius 2 is 1.25 bits per heavy atom. The van der Waals surface area contributed by atoms with Crippen LogP contribution in [-0.4, -0.2) is 0 Å². The van der Waals surface area contributed by atoms with E-state index in [1.54, 1.807) is 0 Å². The molecule has 0 saturated carbocycles. The second-order valence-electron chi connectivity index (χ2n) is 0. The minimum Gasteiger partial charge on any atom is -1.00 e. The summed E-state index contributed by atoms with van der Waals surface area (Å²) in [6, 6.07) is 0. The molecule has 19 valence electrons. The zero-order chi connectivity index (χ0) is 0. The second kappa shape index (κ2) is 18.7. The molecule has 0 N–H and O–H groups in total. The van der Waals surface area contributed by atoms with Gasteiger partial charge in [0.15, 0.2) is 0 Å². The van der Waals surface area contributed by atoms with Gasteiger partial charge in [0.1, 0.15) is 0 Å². The summed E-state index contributed by atoms with van der Waals surface area (Å²) in [6.07, 6.45) is 0. The minimum absolute atomic E-state index is 0. The molecule has 0 bridgehead atoms. The van der Waals surface area contributed by atoms with E-state index < -0.39 is 0 Å². The summed E-state index contributed by atoms with van der Waals surface area (Å²) in [5, 5.41) is 0. The summed E-state index contributed by atoms with van der Waals surface area (Å²) in [6.45, 7) is 0. The molecule has 0 amide bonds. The molecule has 4 heavy (non-hydrogen) atoms. The van der Waals surface area contributed by atoms with E-state index in [4.69, 9.17) is 0 Å². The van der Waals surface area contributed by atoms with Gasteiger partial charge >= 0.3 is 18.9 Å². The van der Waals surface area contributed by atoms with Crippen molar-refractivity contribution in [2.45, 2.75) is 0 Å². The average Bonchev–Trinajstić information content (AvgIpc) is 0. The van der Waals surface area contributed by atoms with Crippen LogP contribution in [0.15, 0.2) is 0 Å². The van der Waals surface area contributed by atoms with Crippen LogP contribution >= 0.6 is 13.5 Å². The predicted molar refractivity (Wildman–Crippen MR) is 11.5 cm³/mol. The third-order valence-corrected chi connectivity index (χ3v) is 0. The van der Waals surface area contributed by atoms with E-state index in [1.807, 2.05) is 0 Å². The zero-order valence-corrected chi connectivity index (χ0v) is 6.41. The maximum Gasteiger partial charge on any atom is 1.00 e. The number of hydrogen-bond donors (Lipinski definition) is 0. The predicted octanol–water partition coefficient (Wildman–Crippen LogP) is -2.78. The minimum atomic E-state index is 0. The van der Waals surface area contributed by atoms with Crippen LogP contribution in [0.4, 0.5) is 0 Å². The first kappa shape index (κ1) is 34.1. The van der Waals surface area contributed by atoms with Crippen molar-refractivity contribution in [1.29, 1.82) is 0 Å². The Morgan fingerprint density at radius 3 is 1.25 bits per heavy atom. The molecule has 0 aromatic rings. The van der Waals surface area contributed by atoms with Crippen LogP contribution in [0.25, 0.3) is 0 Å². The van der Waals surface area contributed by atoms with Gasteiger partial charge < -0.3 is 1.43 Å². The van der Waals surface area contributed by atoms with Gasteiger partial charge in [0.25, 0.3) is 0 Å². The van der Waals surface area contributed by atoms with Crippen LogP contribution in [0.1, 0.15) is 1.43 Å². The van der Waals surface area contributed by atoms with Crippen molar-refractivity contribution in [3.8, 4) is 0 Å². The molecule has 0 aromatic heterocycles. The standard InChI is InChI=1S/Li.H2S.Ti.V.H/h;1H2;;;/q+1;;;;-1. The molecule has 0 aromatic carbocycles. The molecule has 0 aliphatic carbocycles. The van der Waals surface area contributed by atoms with Crippen LogP contribution in [0.5, 0.6) is 0 Å². The summed E-state index contributed by atoms with van der Waals surface area (Å²) >= 11 is 0. The first-order valence-corrected chi connectivity index (χ1v) is 0. The Kier molecular flexibility index (Phi) is 160. The van der Waals surface area contributed by atoms with Crippen LogP contribution in [0.2, 0.25) is 0 Å². The molecule has 0 atom stereocenters. The molecular weight excluding hydrogens is 138 g/mol. The van der Waals surface area contributed by atoms with Gasteiger partial charge in [-0.15, -0.1) is 0 Å². The molecule has 0 nitrogen and oxygen atoms in total.